The first-order chi connectivity index (χ1) is 11.2. The summed E-state index contributed by atoms with van der Waals surface area (Å²) in [6.45, 7) is 0. The summed E-state index contributed by atoms with van der Waals surface area (Å²) < 4.78 is 10.3. The number of carbonyl (C=O) groups excluding carboxylic acids is 1. The van der Waals surface area contributed by atoms with E-state index in [0.29, 0.717) is 11.4 Å². The molecule has 1 atom stereocenters. The first-order valence-corrected chi connectivity index (χ1v) is 7.68. The number of aryl methyl sites for hydroxylation is 1. The Labute approximate surface area is 135 Å². The lowest BCUT2D eigenvalue weighted by molar-refractivity contribution is 0.0929. The quantitative estimate of drug-likeness (QED) is 0.941. The predicted octanol–water partition coefficient (Wildman–Crippen LogP) is 2.39. The number of nitrogens with one attached hydrogen (secondary N) is 1. The molecule has 23 heavy (non-hydrogen) atoms. The number of amides is 1. The minimum Gasteiger partial charge on any atom is -0.481 e. The second-order valence-corrected chi connectivity index (χ2v) is 5.59. The third-order valence-electron chi connectivity index (χ3n) is 4.16. The molecule has 0 unspecified atom stereocenters. The van der Waals surface area contributed by atoms with Crippen molar-refractivity contribution in [3.63, 3.8) is 0 Å². The number of pyridine rings is 1. The molecule has 0 fully saturated rings. The van der Waals surface area contributed by atoms with Crippen molar-refractivity contribution >= 4 is 5.91 Å². The Hall–Kier alpha value is -2.56. The Kier molecular flexibility index (Phi) is 4.46. The van der Waals surface area contributed by atoms with E-state index in [-0.39, 0.29) is 17.8 Å². The highest BCUT2D eigenvalue weighted by Crippen LogP contribution is 2.23. The largest absolute Gasteiger partial charge is 0.481 e. The summed E-state index contributed by atoms with van der Waals surface area (Å²) in [4.78, 5) is 16.7. The molecule has 1 aliphatic carbocycles. The fraction of sp³-hybridized carbons (Fsp3) is 0.333. The second-order valence-electron chi connectivity index (χ2n) is 5.59. The van der Waals surface area contributed by atoms with Crippen molar-refractivity contribution < 1.29 is 14.3 Å². The third kappa shape index (κ3) is 3.28. The van der Waals surface area contributed by atoms with Crippen molar-refractivity contribution in [3.8, 4) is 11.8 Å². The van der Waals surface area contributed by atoms with Crippen LogP contribution in [-0.4, -0.2) is 31.2 Å². The van der Waals surface area contributed by atoms with Crippen LogP contribution in [0.1, 0.15) is 27.9 Å². The third-order valence-corrected chi connectivity index (χ3v) is 4.16. The highest BCUT2D eigenvalue weighted by atomic mass is 16.5. The molecule has 0 aliphatic heterocycles. The Bertz CT molecular complexity index is 715. The van der Waals surface area contributed by atoms with Crippen LogP contribution in [0.5, 0.6) is 11.8 Å². The average molecular weight is 312 g/mol. The maximum absolute atomic E-state index is 12.5. The molecule has 120 valence electrons. The molecule has 1 N–H and O–H groups in total. The van der Waals surface area contributed by atoms with Gasteiger partial charge < -0.3 is 14.8 Å². The van der Waals surface area contributed by atoms with Gasteiger partial charge in [0.25, 0.3) is 5.91 Å². The molecule has 0 saturated heterocycles. The summed E-state index contributed by atoms with van der Waals surface area (Å²) >= 11 is 0. The first kappa shape index (κ1) is 15.3. The van der Waals surface area contributed by atoms with Gasteiger partial charge in [-0.05, 0) is 36.5 Å². The van der Waals surface area contributed by atoms with Gasteiger partial charge in [0.05, 0.1) is 14.2 Å². The van der Waals surface area contributed by atoms with Crippen molar-refractivity contribution in [1.82, 2.24) is 10.3 Å². The molecule has 1 aromatic heterocycles. The van der Waals surface area contributed by atoms with Gasteiger partial charge in [0.15, 0.2) is 0 Å². The van der Waals surface area contributed by atoms with Crippen molar-refractivity contribution in [3.05, 3.63) is 53.1 Å². The van der Waals surface area contributed by atoms with Crippen LogP contribution < -0.4 is 14.8 Å². The maximum atomic E-state index is 12.5. The fourth-order valence-electron chi connectivity index (χ4n) is 2.95. The van der Waals surface area contributed by atoms with Crippen LogP contribution in [0.25, 0.3) is 0 Å². The number of carbonyl (C=O) groups is 1. The number of ether oxygens (including phenoxy) is 2. The van der Waals surface area contributed by atoms with E-state index >= 15 is 0 Å². The van der Waals surface area contributed by atoms with Gasteiger partial charge in [-0.15, -0.1) is 0 Å². The van der Waals surface area contributed by atoms with Crippen molar-refractivity contribution in [2.24, 2.45) is 0 Å². The maximum Gasteiger partial charge on any atom is 0.257 e. The van der Waals surface area contributed by atoms with Crippen LogP contribution in [0.4, 0.5) is 0 Å². The van der Waals surface area contributed by atoms with E-state index in [1.54, 1.807) is 12.1 Å². The highest BCUT2D eigenvalue weighted by Gasteiger charge is 2.22. The lowest BCUT2D eigenvalue weighted by atomic mass is 9.88. The number of fused-ring (bicyclic) bond motifs is 1. The van der Waals surface area contributed by atoms with E-state index in [2.05, 4.69) is 28.5 Å². The summed E-state index contributed by atoms with van der Waals surface area (Å²) in [5.74, 6) is 0.532. The van der Waals surface area contributed by atoms with E-state index in [1.807, 2.05) is 6.07 Å². The summed E-state index contributed by atoms with van der Waals surface area (Å²) in [6, 6.07) is 11.9. The van der Waals surface area contributed by atoms with Crippen molar-refractivity contribution in [2.45, 2.75) is 25.3 Å². The van der Waals surface area contributed by atoms with Gasteiger partial charge >= 0.3 is 0 Å². The molecule has 5 heteroatoms. The van der Waals surface area contributed by atoms with E-state index in [0.717, 1.165) is 19.3 Å². The zero-order valence-corrected chi connectivity index (χ0v) is 13.3. The summed E-state index contributed by atoms with van der Waals surface area (Å²) in [5.41, 5.74) is 3.11. The molecule has 0 spiro atoms. The Morgan fingerprint density at radius 3 is 2.65 bits per heavy atom. The smallest absolute Gasteiger partial charge is 0.257 e. The van der Waals surface area contributed by atoms with E-state index in [9.17, 15) is 4.79 Å². The predicted molar refractivity (Wildman–Crippen MR) is 87.1 cm³/mol. The van der Waals surface area contributed by atoms with Crippen LogP contribution in [0.2, 0.25) is 0 Å². The molecule has 0 bridgehead atoms. The van der Waals surface area contributed by atoms with Gasteiger partial charge in [0.2, 0.25) is 11.8 Å². The van der Waals surface area contributed by atoms with Gasteiger partial charge in [0, 0.05) is 12.1 Å². The number of hydrogen-bond acceptors (Lipinski definition) is 4. The van der Waals surface area contributed by atoms with Crippen molar-refractivity contribution in [1.29, 1.82) is 0 Å². The van der Waals surface area contributed by atoms with Gasteiger partial charge in [-0.25, -0.2) is 0 Å². The summed E-state index contributed by atoms with van der Waals surface area (Å²) in [7, 11) is 3.02. The average Bonchev–Trinajstić information content (AvgIpc) is 2.60. The minimum atomic E-state index is -0.165. The van der Waals surface area contributed by atoms with Crippen LogP contribution in [0.3, 0.4) is 0 Å². The number of nitrogens with zero attached hydrogens (tertiary/aromatic N) is 1. The first-order valence-electron chi connectivity index (χ1n) is 7.68. The number of methoxy groups -OCH3 is 2. The number of hydrogen-bond donors (Lipinski definition) is 1. The molecular formula is C18H20N2O3. The zero-order chi connectivity index (χ0) is 16.2. The highest BCUT2D eigenvalue weighted by molar-refractivity contribution is 5.96. The Balaban J connectivity index is 1.73. The number of benzene rings is 1. The van der Waals surface area contributed by atoms with E-state index in [4.69, 9.17) is 9.47 Å². The molecule has 1 heterocycles. The Morgan fingerprint density at radius 1 is 1.13 bits per heavy atom. The van der Waals surface area contributed by atoms with Gasteiger partial charge in [-0.1, -0.05) is 24.3 Å². The van der Waals surface area contributed by atoms with Crippen LogP contribution in [-0.2, 0) is 12.8 Å². The van der Waals surface area contributed by atoms with Gasteiger partial charge in [-0.3, -0.25) is 4.79 Å². The standard InChI is InChI=1S/C18H20N2O3/c1-22-16-10-9-15(18(20-16)23-2)17(21)19-14-8-7-12-5-3-4-6-13(12)11-14/h3-6,9-10,14H,7-8,11H2,1-2H3,(H,19,21)/t14-/m1/s1. The fourth-order valence-corrected chi connectivity index (χ4v) is 2.95. The SMILES string of the molecule is COc1ccc(C(=O)N[C@@H]2CCc3ccccc3C2)c(OC)n1. The molecule has 1 amide bonds. The van der Waals surface area contributed by atoms with Gasteiger partial charge in [-0.2, -0.15) is 4.98 Å². The molecule has 1 aromatic carbocycles. The molecule has 3 rings (SSSR count). The lowest BCUT2D eigenvalue weighted by Crippen LogP contribution is -2.39. The lowest BCUT2D eigenvalue weighted by Gasteiger charge is -2.25. The van der Waals surface area contributed by atoms with Crippen LogP contribution >= 0.6 is 0 Å². The van der Waals surface area contributed by atoms with Crippen molar-refractivity contribution in [2.75, 3.05) is 14.2 Å². The minimum absolute atomic E-state index is 0.129. The summed E-state index contributed by atoms with van der Waals surface area (Å²) in [5, 5.41) is 3.09. The van der Waals surface area contributed by atoms with Gasteiger partial charge in [0.1, 0.15) is 5.56 Å². The second kappa shape index (κ2) is 6.69. The zero-order valence-electron chi connectivity index (χ0n) is 13.3. The normalized spacial score (nSPS) is 16.3. The number of aromatic nitrogens is 1. The molecule has 0 radical (unpaired) electrons. The Morgan fingerprint density at radius 2 is 1.91 bits per heavy atom. The number of rotatable bonds is 4. The van der Waals surface area contributed by atoms with E-state index < -0.39 is 0 Å². The molecule has 2 aromatic rings. The summed E-state index contributed by atoms with van der Waals surface area (Å²) in [6.07, 6.45) is 2.78. The van der Waals surface area contributed by atoms with E-state index in [1.165, 1.54) is 25.3 Å². The monoisotopic (exact) mass is 312 g/mol. The van der Waals surface area contributed by atoms with Crippen LogP contribution in [0, 0.1) is 0 Å². The topological polar surface area (TPSA) is 60.5 Å². The molecular weight excluding hydrogens is 292 g/mol. The molecule has 5 nitrogen and oxygen atoms in total. The molecule has 1 aliphatic rings. The van der Waals surface area contributed by atoms with Crippen LogP contribution in [0.15, 0.2) is 36.4 Å². The molecule has 0 saturated carbocycles.